The van der Waals surface area contributed by atoms with Crippen molar-refractivity contribution in [3.05, 3.63) is 56.5 Å². The maximum absolute atomic E-state index is 9.65. The zero-order valence-corrected chi connectivity index (χ0v) is 14.8. The molecule has 2 aromatic rings. The van der Waals surface area contributed by atoms with Crippen molar-refractivity contribution in [1.29, 1.82) is 5.26 Å². The van der Waals surface area contributed by atoms with Crippen LogP contribution in [0.5, 0.6) is 5.88 Å². The van der Waals surface area contributed by atoms with Gasteiger partial charge in [-0.2, -0.15) is 10.4 Å². The molecular formula is C17H16Cl2N4O. The minimum atomic E-state index is -0.491. The van der Waals surface area contributed by atoms with Crippen LogP contribution < -0.4 is 10.5 Å². The summed E-state index contributed by atoms with van der Waals surface area (Å²) in [5.74, 6) is 0.0863. The molecular weight excluding hydrogens is 347 g/mol. The monoisotopic (exact) mass is 362 g/mol. The number of fused-ring (bicyclic) bond motifs is 1. The van der Waals surface area contributed by atoms with Crippen LogP contribution in [-0.4, -0.2) is 9.78 Å². The topological polar surface area (TPSA) is 76.9 Å². The van der Waals surface area contributed by atoms with Crippen molar-refractivity contribution >= 4 is 23.2 Å². The van der Waals surface area contributed by atoms with Gasteiger partial charge in [0.2, 0.25) is 11.8 Å². The van der Waals surface area contributed by atoms with Gasteiger partial charge in [-0.1, -0.05) is 42.6 Å². The molecule has 1 aliphatic heterocycles. The molecule has 1 aromatic carbocycles. The summed E-state index contributed by atoms with van der Waals surface area (Å²) in [6.07, 6.45) is 1.66. The highest BCUT2D eigenvalue weighted by Crippen LogP contribution is 2.47. The molecule has 1 unspecified atom stereocenters. The average molecular weight is 363 g/mol. The number of rotatable bonds is 3. The zero-order valence-electron chi connectivity index (χ0n) is 13.3. The van der Waals surface area contributed by atoms with E-state index in [4.69, 9.17) is 33.7 Å². The second-order valence-corrected chi connectivity index (χ2v) is 6.41. The lowest BCUT2D eigenvalue weighted by molar-refractivity contribution is 0.358. The molecule has 3 rings (SSSR count). The van der Waals surface area contributed by atoms with Crippen molar-refractivity contribution in [3.63, 3.8) is 0 Å². The summed E-state index contributed by atoms with van der Waals surface area (Å²) in [5.41, 5.74) is 8.60. The quantitative estimate of drug-likeness (QED) is 0.897. The van der Waals surface area contributed by atoms with Crippen molar-refractivity contribution in [1.82, 2.24) is 9.78 Å². The van der Waals surface area contributed by atoms with Crippen molar-refractivity contribution < 1.29 is 4.74 Å². The van der Waals surface area contributed by atoms with Crippen LogP contribution in [0, 0.1) is 11.3 Å². The Morgan fingerprint density at radius 3 is 2.58 bits per heavy atom. The van der Waals surface area contributed by atoms with E-state index in [-0.39, 0.29) is 5.88 Å². The number of aryl methyl sites for hydroxylation is 2. The van der Waals surface area contributed by atoms with Crippen molar-refractivity contribution in [2.24, 2.45) is 12.8 Å². The molecule has 7 heteroatoms. The molecule has 1 aliphatic rings. The molecule has 0 amide bonds. The number of ether oxygens (including phenoxy) is 1. The molecule has 2 N–H and O–H groups in total. The van der Waals surface area contributed by atoms with Gasteiger partial charge in [0.1, 0.15) is 11.6 Å². The number of nitriles is 1. The second-order valence-electron chi connectivity index (χ2n) is 5.60. The predicted molar refractivity (Wildman–Crippen MR) is 93.0 cm³/mol. The number of allylic oxidation sites excluding steroid dienone is 1. The number of nitrogens with two attached hydrogens (primary N) is 1. The molecule has 0 radical (unpaired) electrons. The highest BCUT2D eigenvalue weighted by atomic mass is 35.5. The summed E-state index contributed by atoms with van der Waals surface area (Å²) in [5, 5.41) is 15.1. The fraction of sp³-hybridized carbons (Fsp3) is 0.294. The van der Waals surface area contributed by atoms with Gasteiger partial charge >= 0.3 is 0 Å². The van der Waals surface area contributed by atoms with Crippen LogP contribution >= 0.6 is 23.2 Å². The number of hydrogen-bond donors (Lipinski definition) is 1. The Morgan fingerprint density at radius 2 is 2.00 bits per heavy atom. The molecule has 124 valence electrons. The van der Waals surface area contributed by atoms with Gasteiger partial charge in [0, 0.05) is 22.7 Å². The predicted octanol–water partition coefficient (Wildman–Crippen LogP) is 3.90. The van der Waals surface area contributed by atoms with E-state index in [2.05, 4.69) is 18.1 Å². The van der Waals surface area contributed by atoms with Crippen LogP contribution in [0.2, 0.25) is 10.0 Å². The van der Waals surface area contributed by atoms with Gasteiger partial charge in [-0.25, -0.2) is 4.68 Å². The van der Waals surface area contributed by atoms with E-state index in [0.29, 0.717) is 27.1 Å². The molecule has 0 spiro atoms. The molecule has 0 bridgehead atoms. The van der Waals surface area contributed by atoms with E-state index < -0.39 is 5.92 Å². The van der Waals surface area contributed by atoms with E-state index in [0.717, 1.165) is 24.1 Å². The smallest absolute Gasteiger partial charge is 0.224 e. The van der Waals surface area contributed by atoms with Crippen LogP contribution in [0.25, 0.3) is 0 Å². The second kappa shape index (κ2) is 6.39. The molecule has 24 heavy (non-hydrogen) atoms. The van der Waals surface area contributed by atoms with E-state index in [9.17, 15) is 5.26 Å². The number of benzene rings is 1. The lowest BCUT2D eigenvalue weighted by atomic mass is 9.83. The third-order valence-corrected chi connectivity index (χ3v) is 4.71. The molecule has 1 aromatic heterocycles. The molecule has 0 fully saturated rings. The summed E-state index contributed by atoms with van der Waals surface area (Å²) < 4.78 is 7.31. The van der Waals surface area contributed by atoms with E-state index >= 15 is 0 Å². The first-order chi connectivity index (χ1) is 11.5. The van der Waals surface area contributed by atoms with Gasteiger partial charge in [0.25, 0.3) is 0 Å². The minimum absolute atomic E-state index is 0.0528. The molecule has 0 saturated heterocycles. The zero-order chi connectivity index (χ0) is 17.4. The molecule has 1 atom stereocenters. The van der Waals surface area contributed by atoms with E-state index in [1.807, 2.05) is 0 Å². The van der Waals surface area contributed by atoms with Crippen molar-refractivity contribution in [2.45, 2.75) is 25.7 Å². The normalized spacial score (nSPS) is 16.5. The van der Waals surface area contributed by atoms with E-state index in [1.54, 1.807) is 29.9 Å². The Morgan fingerprint density at radius 1 is 1.33 bits per heavy atom. The van der Waals surface area contributed by atoms with Crippen molar-refractivity contribution in [2.75, 3.05) is 0 Å². The van der Waals surface area contributed by atoms with Gasteiger partial charge in [-0.3, -0.25) is 0 Å². The Labute approximate surface area is 150 Å². The third kappa shape index (κ3) is 2.52. The lowest BCUT2D eigenvalue weighted by Crippen LogP contribution is -2.22. The fourth-order valence-electron chi connectivity index (χ4n) is 3.05. The minimum Gasteiger partial charge on any atom is -0.422 e. The van der Waals surface area contributed by atoms with Crippen molar-refractivity contribution in [3.8, 4) is 11.9 Å². The summed E-state index contributed by atoms with van der Waals surface area (Å²) in [6.45, 7) is 2.07. The van der Waals surface area contributed by atoms with Gasteiger partial charge in [-0.15, -0.1) is 0 Å². The largest absolute Gasteiger partial charge is 0.422 e. The Hall–Kier alpha value is -2.16. The molecule has 0 aliphatic carbocycles. The standard InChI is InChI=1S/C17H16Cl2N4O/c1-3-5-12-15-13(14-10(18)6-4-7-11(14)19)9(8-20)16(21)24-17(15)23(2)22-12/h4,6-7,13H,3,5,21H2,1-2H3. The first-order valence-electron chi connectivity index (χ1n) is 7.56. The van der Waals surface area contributed by atoms with E-state index in [1.165, 1.54) is 0 Å². The van der Waals surface area contributed by atoms with Gasteiger partial charge in [0.15, 0.2) is 0 Å². The maximum atomic E-state index is 9.65. The molecule has 0 saturated carbocycles. The fourth-order valence-corrected chi connectivity index (χ4v) is 3.67. The lowest BCUT2D eigenvalue weighted by Gasteiger charge is -2.26. The Balaban J connectivity index is 2.33. The maximum Gasteiger partial charge on any atom is 0.224 e. The van der Waals surface area contributed by atoms with Crippen LogP contribution in [0.4, 0.5) is 0 Å². The summed E-state index contributed by atoms with van der Waals surface area (Å²) >= 11 is 12.8. The highest BCUT2D eigenvalue weighted by Gasteiger charge is 2.37. The Kier molecular flexibility index (Phi) is 4.44. The first-order valence-corrected chi connectivity index (χ1v) is 8.32. The van der Waals surface area contributed by atoms with Crippen LogP contribution in [0.1, 0.15) is 36.1 Å². The SMILES string of the molecule is CCCc1nn(C)c2c1C(c1c(Cl)cccc1Cl)C(C#N)=C(N)O2. The summed E-state index contributed by atoms with van der Waals surface area (Å²) in [4.78, 5) is 0. The number of halogens is 2. The first kappa shape index (κ1) is 16.7. The van der Waals surface area contributed by atoms with Gasteiger partial charge < -0.3 is 10.5 Å². The highest BCUT2D eigenvalue weighted by molar-refractivity contribution is 6.36. The van der Waals surface area contributed by atoms with Crippen LogP contribution in [-0.2, 0) is 13.5 Å². The molecule has 2 heterocycles. The van der Waals surface area contributed by atoms with Gasteiger partial charge in [-0.05, 0) is 18.6 Å². The average Bonchev–Trinajstić information content (AvgIpc) is 2.83. The third-order valence-electron chi connectivity index (χ3n) is 4.05. The van der Waals surface area contributed by atoms with Gasteiger partial charge in [0.05, 0.1) is 17.2 Å². The number of hydrogen-bond acceptors (Lipinski definition) is 4. The number of nitrogens with zero attached hydrogens (tertiary/aromatic N) is 3. The number of aromatic nitrogens is 2. The molecule has 5 nitrogen and oxygen atoms in total. The Bertz CT molecular complexity index is 859. The summed E-state index contributed by atoms with van der Waals surface area (Å²) in [7, 11) is 1.79. The summed E-state index contributed by atoms with van der Waals surface area (Å²) in [6, 6.07) is 7.42. The van der Waals surface area contributed by atoms with Crippen LogP contribution in [0.15, 0.2) is 29.7 Å². The van der Waals surface area contributed by atoms with Crippen LogP contribution in [0.3, 0.4) is 0 Å².